The number of hydrogen-bond donors (Lipinski definition) is 2. The molecule has 0 bridgehead atoms. The van der Waals surface area contributed by atoms with E-state index in [0.29, 0.717) is 12.5 Å². The molecule has 1 aliphatic carbocycles. The fraction of sp³-hybridized carbons (Fsp3) is 0.929. The summed E-state index contributed by atoms with van der Waals surface area (Å²) < 4.78 is 0. The van der Waals surface area contributed by atoms with Crippen LogP contribution in [-0.2, 0) is 4.79 Å². The van der Waals surface area contributed by atoms with E-state index >= 15 is 0 Å². The van der Waals surface area contributed by atoms with Crippen molar-refractivity contribution in [3.63, 3.8) is 0 Å². The third-order valence-electron chi connectivity index (χ3n) is 3.81. The highest BCUT2D eigenvalue weighted by Crippen LogP contribution is 2.29. The van der Waals surface area contributed by atoms with E-state index in [1.54, 1.807) is 0 Å². The zero-order valence-electron chi connectivity index (χ0n) is 11.4. The van der Waals surface area contributed by atoms with Gasteiger partial charge in [0.25, 0.3) is 0 Å². The van der Waals surface area contributed by atoms with Crippen LogP contribution in [0.4, 0.5) is 0 Å². The van der Waals surface area contributed by atoms with Crippen molar-refractivity contribution < 1.29 is 4.79 Å². The van der Waals surface area contributed by atoms with E-state index < -0.39 is 0 Å². The van der Waals surface area contributed by atoms with Gasteiger partial charge in [0.15, 0.2) is 0 Å². The summed E-state index contributed by atoms with van der Waals surface area (Å²) in [4.78, 5) is 12.0. The van der Waals surface area contributed by atoms with Crippen LogP contribution in [0, 0.1) is 17.8 Å². The molecule has 0 aromatic rings. The van der Waals surface area contributed by atoms with Gasteiger partial charge in [-0.05, 0) is 44.1 Å². The molecule has 100 valence electrons. The van der Waals surface area contributed by atoms with Crippen molar-refractivity contribution in [2.45, 2.75) is 52.4 Å². The zero-order valence-corrected chi connectivity index (χ0v) is 11.4. The Labute approximate surface area is 106 Å². The first-order valence-corrected chi connectivity index (χ1v) is 7.13. The lowest BCUT2D eigenvalue weighted by Crippen LogP contribution is -2.39. The van der Waals surface area contributed by atoms with Crippen molar-refractivity contribution in [3.8, 4) is 0 Å². The highest BCUT2D eigenvalue weighted by Gasteiger charge is 2.29. The van der Waals surface area contributed by atoms with Crippen LogP contribution in [0.25, 0.3) is 0 Å². The Morgan fingerprint density at radius 3 is 2.71 bits per heavy atom. The smallest absolute Gasteiger partial charge is 0.223 e. The van der Waals surface area contributed by atoms with Gasteiger partial charge in [-0.1, -0.05) is 26.7 Å². The van der Waals surface area contributed by atoms with Crippen molar-refractivity contribution in [1.29, 1.82) is 0 Å². The molecule has 0 aromatic carbocycles. The summed E-state index contributed by atoms with van der Waals surface area (Å²) in [5.74, 6) is 1.55. The number of carbonyl (C=O) groups is 1. The number of rotatable bonds is 6. The van der Waals surface area contributed by atoms with Gasteiger partial charge in [-0.25, -0.2) is 0 Å². The van der Waals surface area contributed by atoms with Crippen LogP contribution in [0.15, 0.2) is 0 Å². The lowest BCUT2D eigenvalue weighted by molar-refractivity contribution is -0.127. The first kappa shape index (κ1) is 14.5. The summed E-state index contributed by atoms with van der Waals surface area (Å²) in [5, 5.41) is 3.08. The van der Waals surface area contributed by atoms with Crippen LogP contribution in [0.1, 0.15) is 52.4 Å². The van der Waals surface area contributed by atoms with Crippen molar-refractivity contribution in [2.24, 2.45) is 23.5 Å². The maximum Gasteiger partial charge on any atom is 0.223 e. The maximum absolute atomic E-state index is 12.0. The van der Waals surface area contributed by atoms with E-state index in [-0.39, 0.29) is 11.8 Å². The quantitative estimate of drug-likeness (QED) is 0.700. The third-order valence-corrected chi connectivity index (χ3v) is 3.81. The molecule has 3 heteroatoms. The molecule has 0 saturated heterocycles. The Kier molecular flexibility index (Phi) is 6.56. The lowest BCUT2D eigenvalue weighted by atomic mass is 9.79. The Balaban J connectivity index is 2.25. The molecule has 1 rings (SSSR count). The van der Waals surface area contributed by atoms with Crippen molar-refractivity contribution in [1.82, 2.24) is 5.32 Å². The van der Waals surface area contributed by atoms with Crippen LogP contribution in [-0.4, -0.2) is 19.0 Å². The maximum atomic E-state index is 12.0. The van der Waals surface area contributed by atoms with Crippen LogP contribution >= 0.6 is 0 Å². The fourth-order valence-electron chi connectivity index (χ4n) is 2.69. The van der Waals surface area contributed by atoms with Gasteiger partial charge in [0.1, 0.15) is 0 Å². The minimum absolute atomic E-state index is 0.174. The van der Waals surface area contributed by atoms with Gasteiger partial charge in [0.05, 0.1) is 0 Å². The zero-order chi connectivity index (χ0) is 12.7. The number of nitrogens with two attached hydrogens (primary N) is 1. The molecule has 1 amide bonds. The van der Waals surface area contributed by atoms with Crippen LogP contribution in [0.5, 0.6) is 0 Å². The van der Waals surface area contributed by atoms with Gasteiger partial charge in [0.2, 0.25) is 5.91 Å². The molecule has 2 atom stereocenters. The molecule has 0 spiro atoms. The molecule has 1 fully saturated rings. The van der Waals surface area contributed by atoms with E-state index in [2.05, 4.69) is 19.2 Å². The molecule has 3 nitrogen and oxygen atoms in total. The molecular formula is C14H28N2O. The molecule has 2 unspecified atom stereocenters. The molecular weight excluding hydrogens is 212 g/mol. The third kappa shape index (κ3) is 5.07. The van der Waals surface area contributed by atoms with E-state index in [4.69, 9.17) is 5.73 Å². The number of carbonyl (C=O) groups excluding carboxylic acids is 1. The molecule has 3 N–H and O–H groups in total. The van der Waals surface area contributed by atoms with Gasteiger partial charge in [-0.15, -0.1) is 0 Å². The standard InChI is InChI=1S/C14H28N2O/c1-11(2)6-5-9-16-14(17)13-8-4-3-7-12(13)10-15/h11-13H,3-10,15H2,1-2H3,(H,16,17). The monoisotopic (exact) mass is 240 g/mol. The average molecular weight is 240 g/mol. The van der Waals surface area contributed by atoms with E-state index in [1.807, 2.05) is 0 Å². The molecule has 0 heterocycles. The minimum atomic E-state index is 0.174. The number of hydrogen-bond acceptors (Lipinski definition) is 2. The average Bonchev–Trinajstić information content (AvgIpc) is 2.34. The number of nitrogens with one attached hydrogen (secondary N) is 1. The van der Waals surface area contributed by atoms with Gasteiger partial charge in [-0.2, -0.15) is 0 Å². The minimum Gasteiger partial charge on any atom is -0.356 e. The molecule has 17 heavy (non-hydrogen) atoms. The predicted octanol–water partition coefficient (Wildman–Crippen LogP) is 2.30. The van der Waals surface area contributed by atoms with Crippen LogP contribution in [0.3, 0.4) is 0 Å². The fourth-order valence-corrected chi connectivity index (χ4v) is 2.69. The SMILES string of the molecule is CC(C)CCCNC(=O)C1CCCCC1CN. The Morgan fingerprint density at radius 2 is 2.06 bits per heavy atom. The second kappa shape index (κ2) is 7.70. The number of amides is 1. The molecule has 1 saturated carbocycles. The highest BCUT2D eigenvalue weighted by atomic mass is 16.1. The molecule has 0 aliphatic heterocycles. The summed E-state index contributed by atoms with van der Waals surface area (Å²) in [6.07, 6.45) is 6.84. The molecule has 1 aliphatic rings. The summed E-state index contributed by atoms with van der Waals surface area (Å²) >= 11 is 0. The van der Waals surface area contributed by atoms with E-state index in [1.165, 1.54) is 19.3 Å². The highest BCUT2D eigenvalue weighted by molar-refractivity contribution is 5.79. The normalized spacial score (nSPS) is 24.9. The summed E-state index contributed by atoms with van der Waals surface area (Å²) in [5.41, 5.74) is 5.75. The topological polar surface area (TPSA) is 55.1 Å². The molecule has 0 aromatic heterocycles. The lowest BCUT2D eigenvalue weighted by Gasteiger charge is -2.29. The summed E-state index contributed by atoms with van der Waals surface area (Å²) in [6, 6.07) is 0. The Bertz CT molecular complexity index is 228. The van der Waals surface area contributed by atoms with Crippen molar-refractivity contribution in [2.75, 3.05) is 13.1 Å². The largest absolute Gasteiger partial charge is 0.356 e. The first-order chi connectivity index (χ1) is 8.15. The van der Waals surface area contributed by atoms with E-state index in [9.17, 15) is 4.79 Å². The Hall–Kier alpha value is -0.570. The molecule has 0 radical (unpaired) electrons. The van der Waals surface area contributed by atoms with E-state index in [0.717, 1.165) is 31.7 Å². The summed E-state index contributed by atoms with van der Waals surface area (Å²) in [6.45, 7) is 5.91. The summed E-state index contributed by atoms with van der Waals surface area (Å²) in [7, 11) is 0. The van der Waals surface area contributed by atoms with Crippen molar-refractivity contribution in [3.05, 3.63) is 0 Å². The first-order valence-electron chi connectivity index (χ1n) is 7.13. The van der Waals surface area contributed by atoms with Crippen molar-refractivity contribution >= 4 is 5.91 Å². The second-order valence-corrected chi connectivity index (χ2v) is 5.71. The predicted molar refractivity (Wildman–Crippen MR) is 71.6 cm³/mol. The van der Waals surface area contributed by atoms with Crippen LogP contribution < -0.4 is 11.1 Å². The van der Waals surface area contributed by atoms with Gasteiger partial charge in [-0.3, -0.25) is 4.79 Å². The Morgan fingerprint density at radius 1 is 1.35 bits per heavy atom. The van der Waals surface area contributed by atoms with Gasteiger partial charge >= 0.3 is 0 Å². The van der Waals surface area contributed by atoms with Crippen LogP contribution in [0.2, 0.25) is 0 Å². The second-order valence-electron chi connectivity index (χ2n) is 5.71. The van der Waals surface area contributed by atoms with Gasteiger partial charge < -0.3 is 11.1 Å². The van der Waals surface area contributed by atoms with Gasteiger partial charge in [0, 0.05) is 12.5 Å².